The van der Waals surface area contributed by atoms with Gasteiger partial charge in [-0.1, -0.05) is 11.6 Å². The van der Waals surface area contributed by atoms with Crippen molar-refractivity contribution in [2.45, 2.75) is 122 Å². The van der Waals surface area contributed by atoms with E-state index in [9.17, 15) is 9.90 Å². The number of aryl methyl sites for hydroxylation is 2. The predicted octanol–water partition coefficient (Wildman–Crippen LogP) is 8.57. The number of nitrogens with zero attached hydrogens (tertiary/aromatic N) is 8. The fourth-order valence-corrected chi connectivity index (χ4v) is 11.0. The molecule has 13 nitrogen and oxygen atoms in total. The fraction of sp³-hybridized carbons (Fsp3) is 0.468. The number of hydrogen-bond acceptors (Lipinski definition) is 12. The third-order valence-electron chi connectivity index (χ3n) is 13.1. The van der Waals surface area contributed by atoms with E-state index in [-0.39, 0.29) is 35.6 Å². The summed E-state index contributed by atoms with van der Waals surface area (Å²) in [5, 5.41) is 42.3. The van der Waals surface area contributed by atoms with Gasteiger partial charge in [-0.2, -0.15) is 5.26 Å². The fourth-order valence-electron chi connectivity index (χ4n) is 9.54. The van der Waals surface area contributed by atoms with Crippen molar-refractivity contribution in [2.24, 2.45) is 10.4 Å². The van der Waals surface area contributed by atoms with E-state index in [1.54, 1.807) is 35.6 Å². The summed E-state index contributed by atoms with van der Waals surface area (Å²) >= 11 is 7.90. The zero-order valence-corrected chi connectivity index (χ0v) is 37.4. The Labute approximate surface area is 371 Å². The summed E-state index contributed by atoms with van der Waals surface area (Å²) < 4.78 is 14.8. The average Bonchev–Trinajstić information content (AvgIpc) is 3.72. The summed E-state index contributed by atoms with van der Waals surface area (Å²) in [4.78, 5) is 21.9. The quantitative estimate of drug-likeness (QED) is 0.139. The summed E-state index contributed by atoms with van der Waals surface area (Å²) in [5.41, 5.74) is 4.25. The number of halogens is 1. The van der Waals surface area contributed by atoms with Crippen LogP contribution in [0, 0.1) is 37.5 Å². The first-order chi connectivity index (χ1) is 29.7. The summed E-state index contributed by atoms with van der Waals surface area (Å²) in [5.74, 6) is 3.65. The van der Waals surface area contributed by atoms with Gasteiger partial charge < -0.3 is 24.8 Å². The zero-order chi connectivity index (χ0) is 43.3. The molecule has 5 heterocycles. The van der Waals surface area contributed by atoms with Gasteiger partial charge in [-0.25, -0.2) is 0 Å². The number of anilines is 1. The Kier molecular flexibility index (Phi) is 11.3. The number of rotatable bonds is 10. The van der Waals surface area contributed by atoms with Crippen LogP contribution in [0.1, 0.15) is 127 Å². The van der Waals surface area contributed by atoms with Crippen molar-refractivity contribution >= 4 is 40.4 Å². The smallest absolute Gasteiger partial charge is 0.272 e. The maximum atomic E-state index is 13.1. The first kappa shape index (κ1) is 42.0. The maximum Gasteiger partial charge on any atom is 0.272 e. The number of piperidine rings is 1. The van der Waals surface area contributed by atoms with Crippen LogP contribution in [0.4, 0.5) is 5.82 Å². The molecule has 4 aliphatic rings. The molecule has 2 aliphatic heterocycles. The van der Waals surface area contributed by atoms with Crippen LogP contribution in [0.2, 0.25) is 5.02 Å². The molecule has 1 amide bonds. The molecule has 1 spiro atoms. The third kappa shape index (κ3) is 8.55. The van der Waals surface area contributed by atoms with Gasteiger partial charge in [0.25, 0.3) is 5.91 Å². The van der Waals surface area contributed by atoms with Crippen LogP contribution >= 0.6 is 22.9 Å². The van der Waals surface area contributed by atoms with Crippen LogP contribution in [-0.4, -0.2) is 78.6 Å². The number of amides is 1. The Balaban J connectivity index is 0.758. The van der Waals surface area contributed by atoms with Crippen LogP contribution in [-0.2, 0) is 0 Å². The Morgan fingerprint density at radius 3 is 2.32 bits per heavy atom. The maximum absolute atomic E-state index is 13.1. The molecule has 62 heavy (non-hydrogen) atoms. The second-order valence-electron chi connectivity index (χ2n) is 18.2. The molecule has 2 N–H and O–H groups in total. The van der Waals surface area contributed by atoms with E-state index >= 15 is 0 Å². The molecule has 2 saturated carbocycles. The number of aliphatic imine (C=N–C) groups is 1. The summed E-state index contributed by atoms with van der Waals surface area (Å²) in [6.45, 7) is 11.7. The van der Waals surface area contributed by atoms with Crippen molar-refractivity contribution in [3.8, 4) is 22.6 Å². The Bertz CT molecular complexity index is 2530. The lowest BCUT2D eigenvalue weighted by Crippen LogP contribution is -2.51. The van der Waals surface area contributed by atoms with Crippen molar-refractivity contribution in [3.63, 3.8) is 0 Å². The van der Waals surface area contributed by atoms with Crippen LogP contribution in [0.3, 0.4) is 0 Å². The van der Waals surface area contributed by atoms with Gasteiger partial charge >= 0.3 is 0 Å². The van der Waals surface area contributed by atoms with Crippen LogP contribution in [0.25, 0.3) is 5.00 Å². The number of fused-ring (bicyclic) bond motifs is 3. The Hall–Kier alpha value is -5.36. The lowest BCUT2D eigenvalue weighted by atomic mass is 9.61. The highest BCUT2D eigenvalue weighted by molar-refractivity contribution is 7.15. The van der Waals surface area contributed by atoms with E-state index in [0.717, 1.165) is 110 Å². The van der Waals surface area contributed by atoms with Crippen LogP contribution in [0.15, 0.2) is 59.6 Å². The minimum Gasteiger partial charge on any atom is -0.490 e. The Morgan fingerprint density at radius 2 is 1.66 bits per heavy atom. The molecule has 0 bridgehead atoms. The van der Waals surface area contributed by atoms with E-state index in [0.29, 0.717) is 28.5 Å². The van der Waals surface area contributed by atoms with Gasteiger partial charge in [-0.15, -0.1) is 31.7 Å². The molecule has 2 aliphatic carbocycles. The molecule has 15 heteroatoms. The highest BCUT2D eigenvalue weighted by atomic mass is 35.5. The van der Waals surface area contributed by atoms with Gasteiger partial charge in [0, 0.05) is 47.6 Å². The number of nitrogens with one attached hydrogen (secondary N) is 1. The zero-order valence-electron chi connectivity index (χ0n) is 35.8. The largest absolute Gasteiger partial charge is 0.490 e. The predicted molar refractivity (Wildman–Crippen MR) is 239 cm³/mol. The third-order valence-corrected chi connectivity index (χ3v) is 14.6. The second-order valence-corrected chi connectivity index (χ2v) is 19.8. The number of ether oxygens (including phenoxy) is 2. The molecule has 9 rings (SSSR count). The molecule has 5 aromatic rings. The molecule has 0 unspecified atom stereocenters. The monoisotopic (exact) mass is 873 g/mol. The molecular weight excluding hydrogens is 822 g/mol. The summed E-state index contributed by atoms with van der Waals surface area (Å²) in [7, 11) is 0. The second kappa shape index (κ2) is 16.7. The highest BCUT2D eigenvalue weighted by Crippen LogP contribution is 2.51. The number of thiophene rings is 1. The van der Waals surface area contributed by atoms with Crippen LogP contribution in [0.5, 0.6) is 11.5 Å². The molecule has 1 saturated heterocycles. The minimum atomic E-state index is -0.938. The number of nitriles is 1. The normalized spacial score (nSPS) is 20.9. The minimum absolute atomic E-state index is 0.0285. The number of carbonyl (C=O) groups is 1. The van der Waals surface area contributed by atoms with E-state index < -0.39 is 5.60 Å². The number of hydrogen-bond donors (Lipinski definition) is 2. The van der Waals surface area contributed by atoms with Gasteiger partial charge in [0.2, 0.25) is 0 Å². The van der Waals surface area contributed by atoms with E-state index in [4.69, 9.17) is 31.3 Å². The van der Waals surface area contributed by atoms with Crippen molar-refractivity contribution in [3.05, 3.63) is 104 Å². The van der Waals surface area contributed by atoms with Gasteiger partial charge in [0.15, 0.2) is 17.3 Å². The molecule has 3 aromatic heterocycles. The number of aliphatic hydroxyl groups is 1. The Morgan fingerprint density at radius 1 is 0.952 bits per heavy atom. The van der Waals surface area contributed by atoms with Gasteiger partial charge in [0.05, 0.1) is 34.1 Å². The topological polar surface area (TPSA) is 164 Å². The molecule has 0 radical (unpaired) electrons. The lowest BCUT2D eigenvalue weighted by Gasteiger charge is -2.51. The SMILES string of the molecule is Cc1sc2c(c1C)C(c1ccc(OC3CC4(CCN(c5ccc(C(=O)NC6CCC(Oc7ccc(C#N)c(Cl)c7)CC6)nn5)CC4)C3)cc1)=N[C@@H](CC(C)(C)O)c1nnc(C)n1-2. The van der Waals surface area contributed by atoms with E-state index in [1.807, 2.05) is 26.8 Å². The van der Waals surface area contributed by atoms with Gasteiger partial charge in [0.1, 0.15) is 34.4 Å². The van der Waals surface area contributed by atoms with Crippen LogP contribution < -0.4 is 19.7 Å². The first-order valence-electron chi connectivity index (χ1n) is 21.6. The summed E-state index contributed by atoms with van der Waals surface area (Å²) in [6.07, 6.45) is 7.96. The first-order valence-corrected chi connectivity index (χ1v) is 22.8. The molecule has 3 fully saturated rings. The number of carbonyl (C=O) groups excluding carboxylic acids is 1. The molecule has 322 valence electrons. The molecular formula is C47H52ClN9O4S. The summed E-state index contributed by atoms with van der Waals surface area (Å²) in [6, 6.07) is 18.9. The average molecular weight is 875 g/mol. The number of benzene rings is 2. The van der Waals surface area contributed by atoms with Crippen molar-refractivity contribution in [1.29, 1.82) is 5.26 Å². The van der Waals surface area contributed by atoms with Crippen molar-refractivity contribution in [1.82, 2.24) is 30.3 Å². The lowest BCUT2D eigenvalue weighted by molar-refractivity contribution is -0.0311. The van der Waals surface area contributed by atoms with Gasteiger partial charge in [-0.3, -0.25) is 14.4 Å². The van der Waals surface area contributed by atoms with E-state index in [1.165, 1.54) is 10.4 Å². The van der Waals surface area contributed by atoms with Crippen molar-refractivity contribution in [2.75, 3.05) is 18.0 Å². The van der Waals surface area contributed by atoms with E-state index in [2.05, 4.69) is 79.4 Å². The standard InChI is InChI=1S/C47H52ClN9O4S/c1-27-28(2)62-45-41(27)42(51-39(25-46(4,5)59)43-55-52-29(3)57(43)45)30-6-11-33(12-7-30)61-36-23-47(24-36)18-20-56(21-19-47)40-17-16-38(53-54-40)44(58)50-32-9-14-34(15-10-32)60-35-13-8-31(26-49)37(48)22-35/h6-8,11-13,16-17,22,32,34,36,39,59H,9-10,14-15,18-21,23-25H2,1-5H3,(H,50,58)/t32?,34?,39-/m0/s1. The highest BCUT2D eigenvalue weighted by Gasteiger charge is 2.47. The number of aromatic nitrogens is 5. The molecule has 1 atom stereocenters. The molecule has 2 aromatic carbocycles. The van der Waals surface area contributed by atoms with Crippen molar-refractivity contribution < 1.29 is 19.4 Å². The van der Waals surface area contributed by atoms with Gasteiger partial charge in [-0.05, 0) is 145 Å².